The summed E-state index contributed by atoms with van der Waals surface area (Å²) >= 11 is 0. The van der Waals surface area contributed by atoms with Gasteiger partial charge >= 0.3 is 0 Å². The highest BCUT2D eigenvalue weighted by Gasteiger charge is 2.38. The van der Waals surface area contributed by atoms with Crippen LogP contribution in [0.1, 0.15) is 51.9 Å². The summed E-state index contributed by atoms with van der Waals surface area (Å²) in [5, 5.41) is 11.9. The maximum Gasteiger partial charge on any atom is 0.228 e. The topological polar surface area (TPSA) is 52.9 Å². The number of hydrogen-bond donors (Lipinski definition) is 1. The fourth-order valence-electron chi connectivity index (χ4n) is 3.00. The van der Waals surface area contributed by atoms with E-state index in [1.165, 1.54) is 19.3 Å². The first-order valence-electron chi connectivity index (χ1n) is 6.65. The van der Waals surface area contributed by atoms with Gasteiger partial charge in [-0.3, -0.25) is 4.79 Å². The molecule has 1 aliphatic heterocycles. The molecule has 1 aliphatic carbocycles. The molecular weight excluding hydrogens is 216 g/mol. The lowest BCUT2D eigenvalue weighted by Crippen LogP contribution is -2.47. The minimum absolute atomic E-state index is 0.133. The van der Waals surface area contributed by atoms with Crippen LogP contribution in [-0.4, -0.2) is 34.8 Å². The van der Waals surface area contributed by atoms with Crippen LogP contribution in [0.3, 0.4) is 0 Å². The van der Waals surface area contributed by atoms with E-state index in [4.69, 9.17) is 5.21 Å². The number of amides is 1. The van der Waals surface area contributed by atoms with Gasteiger partial charge in [0, 0.05) is 31.3 Å². The Hall–Kier alpha value is -1.06. The molecule has 0 bridgehead atoms. The standard InChI is InChI=1S/C13H22N2O2/c1-13(7-3-2-4-8-13)12(16)15-9-5-11(14-17)6-10-15/h17H,2-10H2,1H3. The first-order chi connectivity index (χ1) is 8.15. The Balaban J connectivity index is 1.96. The van der Waals surface area contributed by atoms with Crippen molar-refractivity contribution in [1.82, 2.24) is 4.90 Å². The summed E-state index contributed by atoms with van der Waals surface area (Å²) in [5.74, 6) is 0.314. The van der Waals surface area contributed by atoms with Crippen molar-refractivity contribution >= 4 is 11.6 Å². The van der Waals surface area contributed by atoms with E-state index < -0.39 is 0 Å². The fraction of sp³-hybridized carbons (Fsp3) is 0.846. The molecule has 17 heavy (non-hydrogen) atoms. The minimum Gasteiger partial charge on any atom is -0.411 e. The van der Waals surface area contributed by atoms with Crippen molar-refractivity contribution < 1.29 is 10.0 Å². The summed E-state index contributed by atoms with van der Waals surface area (Å²) < 4.78 is 0. The third-order valence-corrected chi connectivity index (χ3v) is 4.24. The molecule has 0 atom stereocenters. The van der Waals surface area contributed by atoms with Gasteiger partial charge in [-0.1, -0.05) is 31.3 Å². The van der Waals surface area contributed by atoms with Crippen LogP contribution < -0.4 is 0 Å². The maximum absolute atomic E-state index is 12.5. The Morgan fingerprint density at radius 3 is 2.35 bits per heavy atom. The fourth-order valence-corrected chi connectivity index (χ4v) is 3.00. The number of piperidine rings is 1. The highest BCUT2D eigenvalue weighted by atomic mass is 16.4. The zero-order valence-corrected chi connectivity index (χ0v) is 10.6. The van der Waals surface area contributed by atoms with Crippen molar-refractivity contribution in [2.75, 3.05) is 13.1 Å². The Kier molecular flexibility index (Phi) is 3.69. The van der Waals surface area contributed by atoms with Gasteiger partial charge in [-0.15, -0.1) is 0 Å². The van der Waals surface area contributed by atoms with Crippen molar-refractivity contribution in [3.05, 3.63) is 0 Å². The van der Waals surface area contributed by atoms with Crippen LogP contribution in [0.4, 0.5) is 0 Å². The number of nitrogens with zero attached hydrogens (tertiary/aromatic N) is 2. The van der Waals surface area contributed by atoms with Crippen LogP contribution in [0.5, 0.6) is 0 Å². The van der Waals surface area contributed by atoms with E-state index >= 15 is 0 Å². The third-order valence-electron chi connectivity index (χ3n) is 4.24. The molecule has 0 radical (unpaired) electrons. The molecule has 0 unspecified atom stereocenters. The number of oxime groups is 1. The average Bonchev–Trinajstić information content (AvgIpc) is 2.39. The van der Waals surface area contributed by atoms with E-state index in [2.05, 4.69) is 12.1 Å². The van der Waals surface area contributed by atoms with Gasteiger partial charge in [0.05, 0.1) is 5.71 Å². The van der Waals surface area contributed by atoms with Crippen LogP contribution in [-0.2, 0) is 4.79 Å². The zero-order valence-electron chi connectivity index (χ0n) is 10.6. The highest BCUT2D eigenvalue weighted by molar-refractivity contribution is 5.88. The number of likely N-dealkylation sites (tertiary alicyclic amines) is 1. The molecule has 0 aromatic rings. The van der Waals surface area contributed by atoms with E-state index in [0.717, 1.165) is 31.4 Å². The van der Waals surface area contributed by atoms with E-state index in [9.17, 15) is 4.79 Å². The van der Waals surface area contributed by atoms with E-state index in [1.807, 2.05) is 4.90 Å². The van der Waals surface area contributed by atoms with Crippen LogP contribution >= 0.6 is 0 Å². The van der Waals surface area contributed by atoms with Gasteiger partial charge in [0.1, 0.15) is 0 Å². The smallest absolute Gasteiger partial charge is 0.228 e. The van der Waals surface area contributed by atoms with Crippen molar-refractivity contribution in [1.29, 1.82) is 0 Å². The molecule has 0 aromatic heterocycles. The molecule has 4 nitrogen and oxygen atoms in total. The Bertz CT molecular complexity index is 309. The predicted molar refractivity (Wildman–Crippen MR) is 66.2 cm³/mol. The van der Waals surface area contributed by atoms with Crippen molar-refractivity contribution in [2.45, 2.75) is 51.9 Å². The van der Waals surface area contributed by atoms with Gasteiger partial charge in [-0.2, -0.15) is 0 Å². The molecule has 4 heteroatoms. The highest BCUT2D eigenvalue weighted by Crippen LogP contribution is 2.37. The Morgan fingerprint density at radius 1 is 1.24 bits per heavy atom. The van der Waals surface area contributed by atoms with Gasteiger partial charge in [0.25, 0.3) is 0 Å². The van der Waals surface area contributed by atoms with Gasteiger partial charge in [0.2, 0.25) is 5.91 Å². The Labute approximate surface area is 103 Å². The molecule has 1 amide bonds. The SMILES string of the molecule is CC1(C(=O)N2CCC(=NO)CC2)CCCCC1. The second-order valence-electron chi connectivity index (χ2n) is 5.58. The van der Waals surface area contributed by atoms with Crippen LogP contribution in [0.2, 0.25) is 0 Å². The molecule has 2 fully saturated rings. The van der Waals surface area contributed by atoms with Gasteiger partial charge in [-0.25, -0.2) is 0 Å². The van der Waals surface area contributed by atoms with Gasteiger partial charge < -0.3 is 10.1 Å². The molecule has 1 heterocycles. The first kappa shape index (κ1) is 12.4. The summed E-state index contributed by atoms with van der Waals surface area (Å²) in [6.45, 7) is 3.55. The summed E-state index contributed by atoms with van der Waals surface area (Å²) in [6.07, 6.45) is 7.13. The number of carbonyl (C=O) groups excluding carboxylic acids is 1. The molecule has 2 rings (SSSR count). The number of hydrogen-bond acceptors (Lipinski definition) is 3. The maximum atomic E-state index is 12.5. The second-order valence-corrected chi connectivity index (χ2v) is 5.58. The van der Waals surface area contributed by atoms with Crippen molar-refractivity contribution in [3.8, 4) is 0 Å². The van der Waals surface area contributed by atoms with Crippen molar-refractivity contribution in [3.63, 3.8) is 0 Å². The lowest BCUT2D eigenvalue weighted by Gasteiger charge is -2.38. The average molecular weight is 238 g/mol. The van der Waals surface area contributed by atoms with Crippen LogP contribution in [0.25, 0.3) is 0 Å². The zero-order chi connectivity index (χ0) is 12.3. The lowest BCUT2D eigenvalue weighted by atomic mass is 9.74. The largest absolute Gasteiger partial charge is 0.411 e. The molecule has 1 saturated carbocycles. The predicted octanol–water partition coefficient (Wildman–Crippen LogP) is 2.41. The van der Waals surface area contributed by atoms with Crippen LogP contribution in [0.15, 0.2) is 5.16 Å². The third kappa shape index (κ3) is 2.61. The Morgan fingerprint density at radius 2 is 1.82 bits per heavy atom. The van der Waals surface area contributed by atoms with E-state index in [-0.39, 0.29) is 5.41 Å². The molecule has 0 spiro atoms. The molecule has 96 valence electrons. The normalized spacial score (nSPS) is 24.5. The second kappa shape index (κ2) is 5.07. The molecule has 2 aliphatic rings. The quantitative estimate of drug-likeness (QED) is 0.563. The van der Waals surface area contributed by atoms with Crippen molar-refractivity contribution in [2.24, 2.45) is 10.6 Å². The summed E-state index contributed by atoms with van der Waals surface area (Å²) in [7, 11) is 0. The van der Waals surface area contributed by atoms with E-state index in [0.29, 0.717) is 19.0 Å². The minimum atomic E-state index is -0.133. The van der Waals surface area contributed by atoms with Gasteiger partial charge in [-0.05, 0) is 12.8 Å². The summed E-state index contributed by atoms with van der Waals surface area (Å²) in [5.41, 5.74) is 0.689. The summed E-state index contributed by atoms with van der Waals surface area (Å²) in [4.78, 5) is 14.5. The van der Waals surface area contributed by atoms with Gasteiger partial charge in [0.15, 0.2) is 0 Å². The monoisotopic (exact) mass is 238 g/mol. The van der Waals surface area contributed by atoms with Crippen LogP contribution in [0, 0.1) is 5.41 Å². The molecule has 1 N–H and O–H groups in total. The lowest BCUT2D eigenvalue weighted by molar-refractivity contribution is -0.143. The van der Waals surface area contributed by atoms with E-state index in [1.54, 1.807) is 0 Å². The number of rotatable bonds is 1. The first-order valence-corrected chi connectivity index (χ1v) is 6.65. The number of carbonyl (C=O) groups is 1. The molecule has 0 aromatic carbocycles. The summed E-state index contributed by atoms with van der Waals surface area (Å²) in [6, 6.07) is 0. The molecule has 1 saturated heterocycles. The molecular formula is C13H22N2O2.